The molecule has 11 nitrogen and oxygen atoms in total. The summed E-state index contributed by atoms with van der Waals surface area (Å²) in [5, 5.41) is 5.27. The average Bonchev–Trinajstić information content (AvgIpc) is 3.61. The van der Waals surface area contributed by atoms with Crippen LogP contribution in [-0.2, 0) is 33.1 Å². The summed E-state index contributed by atoms with van der Waals surface area (Å²) < 4.78 is 44.2. The number of aryl methyl sites for hydroxylation is 1. The van der Waals surface area contributed by atoms with Crippen molar-refractivity contribution in [3.8, 4) is 0 Å². The lowest BCUT2D eigenvalue weighted by Gasteiger charge is -2.45. The van der Waals surface area contributed by atoms with E-state index in [9.17, 15) is 18.0 Å². The number of carbonyl (C=O) groups is 2. The number of methoxy groups -OCH3 is 1. The minimum absolute atomic E-state index is 0.00317. The lowest BCUT2D eigenvalue weighted by molar-refractivity contribution is -0.0566. The molecule has 1 N–H and O–H groups in total. The first-order chi connectivity index (χ1) is 25.7. The molecule has 53 heavy (non-hydrogen) atoms. The number of ether oxygens (including phenoxy) is 2. The van der Waals surface area contributed by atoms with Gasteiger partial charge in [0, 0.05) is 47.6 Å². The van der Waals surface area contributed by atoms with E-state index in [0.717, 1.165) is 66.5 Å². The number of fused-ring (bicyclic) bond motifs is 7. The maximum Gasteiger partial charge on any atom is 0.264 e. The first kappa shape index (κ1) is 34.6. The van der Waals surface area contributed by atoms with Gasteiger partial charge in [-0.25, -0.2) is 13.1 Å². The number of rotatable bonds is 7. The summed E-state index contributed by atoms with van der Waals surface area (Å²) >= 11 is 0. The summed E-state index contributed by atoms with van der Waals surface area (Å²) in [6, 6.07) is 5.81. The summed E-state index contributed by atoms with van der Waals surface area (Å²) in [6.45, 7) is 1.57. The third-order valence-electron chi connectivity index (χ3n) is 12.8. The quantitative estimate of drug-likeness (QED) is 0.301. The number of hydrogen-bond donors (Lipinski definition) is 1. The molecule has 3 aliphatic heterocycles. The number of nitrogens with one attached hydrogen (secondary N) is 1. The van der Waals surface area contributed by atoms with Crippen molar-refractivity contribution in [1.82, 2.24) is 24.0 Å². The van der Waals surface area contributed by atoms with Crippen molar-refractivity contribution >= 4 is 38.3 Å². The van der Waals surface area contributed by atoms with Crippen LogP contribution in [0.2, 0.25) is 0 Å². The normalized spacial score (nSPS) is 26.2. The van der Waals surface area contributed by atoms with Gasteiger partial charge in [-0.05, 0) is 86.3 Å². The molecule has 0 spiro atoms. The molecule has 9 rings (SSSR count). The Hall–Kier alpha value is -4.16. The SMILES string of the molecule is COC1=CC2C=C(c3c(C(=O)N4C5CCCC4COC5)cnn3C)Cn3c(c(C4CCCCC4)c4ccc(C(=O)NS(=O)(=O)C5CCC5)cc43)C2C=C1. The van der Waals surface area contributed by atoms with Crippen LogP contribution in [-0.4, -0.2) is 77.1 Å². The summed E-state index contributed by atoms with van der Waals surface area (Å²) in [6.07, 6.45) is 21.2. The minimum atomic E-state index is -3.75. The summed E-state index contributed by atoms with van der Waals surface area (Å²) in [7, 11) is -0.156. The molecule has 2 aromatic heterocycles. The number of amides is 2. The molecule has 4 atom stereocenters. The van der Waals surface area contributed by atoms with E-state index in [1.807, 2.05) is 29.9 Å². The Morgan fingerprint density at radius 1 is 0.962 bits per heavy atom. The summed E-state index contributed by atoms with van der Waals surface area (Å²) in [5.41, 5.74) is 6.09. The molecule has 3 aliphatic carbocycles. The lowest BCUT2D eigenvalue weighted by Crippen LogP contribution is -2.57. The number of allylic oxidation sites excluding steroid dienone is 5. The van der Waals surface area contributed by atoms with Crippen LogP contribution in [0.1, 0.15) is 120 Å². The average molecular weight is 740 g/mol. The van der Waals surface area contributed by atoms with Crippen molar-refractivity contribution in [3.63, 3.8) is 0 Å². The standard InChI is InChI=1S/C41H49N5O6S/c1-44-38(35(21-42-44)41(48)46-29-10-6-11-30(46)24-52-23-29)28-18-27-19-31(51-2)15-17-33(27)39-37(25-8-4-3-5-9-25)34-16-14-26(20-36(34)45(39)22-28)40(47)43-53(49,50)32-12-7-13-32/h14-21,25,27,29-30,32-33H,3-13,22-24H2,1-2H3,(H,43,47). The minimum Gasteiger partial charge on any atom is -0.497 e. The highest BCUT2D eigenvalue weighted by molar-refractivity contribution is 7.90. The molecule has 2 amide bonds. The van der Waals surface area contributed by atoms with Crippen LogP contribution in [0.3, 0.4) is 0 Å². The molecule has 1 aromatic carbocycles. The van der Waals surface area contributed by atoms with Gasteiger partial charge in [-0.15, -0.1) is 0 Å². The van der Waals surface area contributed by atoms with Gasteiger partial charge >= 0.3 is 0 Å². The highest BCUT2D eigenvalue weighted by atomic mass is 32.2. The van der Waals surface area contributed by atoms with Crippen molar-refractivity contribution in [2.45, 2.75) is 106 Å². The zero-order valence-electron chi connectivity index (χ0n) is 30.6. The second-order valence-electron chi connectivity index (χ2n) is 15.9. The summed E-state index contributed by atoms with van der Waals surface area (Å²) in [5.74, 6) is 0.471. The topological polar surface area (TPSA) is 125 Å². The van der Waals surface area contributed by atoms with Crippen LogP contribution in [0.25, 0.3) is 16.5 Å². The van der Waals surface area contributed by atoms with Crippen molar-refractivity contribution in [2.24, 2.45) is 13.0 Å². The number of sulfonamides is 1. The van der Waals surface area contributed by atoms with Crippen molar-refractivity contribution in [3.05, 3.63) is 82.5 Å². The Morgan fingerprint density at radius 3 is 2.43 bits per heavy atom. The fourth-order valence-corrected chi connectivity index (χ4v) is 11.5. The first-order valence-corrected chi connectivity index (χ1v) is 21.1. The molecule has 12 heteroatoms. The molecule has 2 bridgehead atoms. The van der Waals surface area contributed by atoms with E-state index >= 15 is 0 Å². The molecule has 6 aliphatic rings. The second-order valence-corrected chi connectivity index (χ2v) is 17.9. The van der Waals surface area contributed by atoms with Crippen LogP contribution in [0.15, 0.2) is 54.5 Å². The highest BCUT2D eigenvalue weighted by Crippen LogP contribution is 2.49. The maximum absolute atomic E-state index is 14.6. The monoisotopic (exact) mass is 739 g/mol. The van der Waals surface area contributed by atoms with E-state index in [2.05, 4.69) is 37.5 Å². The Bertz CT molecular complexity index is 2150. The van der Waals surface area contributed by atoms with Gasteiger partial charge in [0.2, 0.25) is 10.0 Å². The number of hydrogen-bond acceptors (Lipinski definition) is 7. The molecule has 3 aromatic rings. The Balaban J connectivity index is 1.20. The molecule has 280 valence electrons. The number of nitrogens with zero attached hydrogens (tertiary/aromatic N) is 4. The molecule has 4 fully saturated rings. The smallest absolute Gasteiger partial charge is 0.264 e. The Kier molecular flexibility index (Phi) is 8.88. The van der Waals surface area contributed by atoms with E-state index in [4.69, 9.17) is 9.47 Å². The number of aromatic nitrogens is 3. The van der Waals surface area contributed by atoms with Crippen molar-refractivity contribution in [1.29, 1.82) is 0 Å². The largest absolute Gasteiger partial charge is 0.497 e. The maximum atomic E-state index is 14.6. The third-order valence-corrected chi connectivity index (χ3v) is 14.7. The van der Waals surface area contributed by atoms with Gasteiger partial charge in [-0.2, -0.15) is 5.10 Å². The fraction of sp³-hybridized carbons (Fsp3) is 0.537. The third kappa shape index (κ3) is 5.96. The van der Waals surface area contributed by atoms with Gasteiger partial charge in [0.05, 0.1) is 55.1 Å². The first-order valence-electron chi connectivity index (χ1n) is 19.5. The van der Waals surface area contributed by atoms with E-state index in [0.29, 0.717) is 49.6 Å². The van der Waals surface area contributed by atoms with E-state index in [1.165, 1.54) is 30.5 Å². The zero-order valence-corrected chi connectivity index (χ0v) is 31.4. The van der Waals surface area contributed by atoms with Crippen LogP contribution in [0.4, 0.5) is 0 Å². The number of morpholine rings is 1. The van der Waals surface area contributed by atoms with E-state index in [-0.39, 0.29) is 29.8 Å². The predicted molar refractivity (Wildman–Crippen MR) is 202 cm³/mol. The van der Waals surface area contributed by atoms with Crippen molar-refractivity contribution < 1.29 is 27.5 Å². The highest BCUT2D eigenvalue weighted by Gasteiger charge is 2.41. The zero-order chi connectivity index (χ0) is 36.4. The number of benzene rings is 1. The predicted octanol–water partition coefficient (Wildman–Crippen LogP) is 6.33. The van der Waals surface area contributed by atoms with E-state index < -0.39 is 21.2 Å². The molecular formula is C41H49N5O6S. The van der Waals surface area contributed by atoms with Crippen molar-refractivity contribution in [2.75, 3.05) is 20.3 Å². The van der Waals surface area contributed by atoms with Gasteiger partial charge in [-0.1, -0.05) is 43.9 Å². The molecular weight excluding hydrogens is 691 g/mol. The van der Waals surface area contributed by atoms with E-state index in [1.54, 1.807) is 19.4 Å². The number of carbonyl (C=O) groups excluding carboxylic acids is 2. The summed E-state index contributed by atoms with van der Waals surface area (Å²) in [4.78, 5) is 30.3. The van der Waals surface area contributed by atoms with Crippen LogP contribution >= 0.6 is 0 Å². The molecule has 5 heterocycles. The van der Waals surface area contributed by atoms with Gasteiger partial charge in [0.25, 0.3) is 11.8 Å². The Morgan fingerprint density at radius 2 is 1.72 bits per heavy atom. The molecule has 4 unspecified atom stereocenters. The molecule has 2 saturated carbocycles. The van der Waals surface area contributed by atoms with Gasteiger partial charge in [-0.3, -0.25) is 14.3 Å². The second kappa shape index (κ2) is 13.6. The van der Waals surface area contributed by atoms with Gasteiger partial charge in [0.15, 0.2) is 0 Å². The Labute approximate surface area is 311 Å². The van der Waals surface area contributed by atoms with Gasteiger partial charge in [0.1, 0.15) is 5.76 Å². The molecule has 0 radical (unpaired) electrons. The lowest BCUT2D eigenvalue weighted by atomic mass is 9.77. The van der Waals surface area contributed by atoms with Crippen LogP contribution < -0.4 is 4.72 Å². The van der Waals surface area contributed by atoms with Crippen LogP contribution in [0, 0.1) is 5.92 Å². The molecule has 2 saturated heterocycles. The van der Waals surface area contributed by atoms with Gasteiger partial charge < -0.3 is 18.9 Å². The van der Waals surface area contributed by atoms with Crippen LogP contribution in [0.5, 0.6) is 0 Å². The fourth-order valence-electron chi connectivity index (χ4n) is 9.96. The number of piperidine rings is 1.